The highest BCUT2D eigenvalue weighted by atomic mass is 32.1. The third-order valence-electron chi connectivity index (χ3n) is 7.48. The summed E-state index contributed by atoms with van der Waals surface area (Å²) in [7, 11) is 0. The van der Waals surface area contributed by atoms with Crippen LogP contribution in [0.5, 0.6) is 0 Å². The number of rotatable bonds is 6. The van der Waals surface area contributed by atoms with Crippen LogP contribution in [-0.4, -0.2) is 38.4 Å². The SMILES string of the molecule is CCc1ccc(C)cc1-n1c(C=C(C)C)c(C(=O)N2CCCCC2)cc(-c2nc(-c3ccc(C(F)(F)F)nc3)cs2)c1=O. The Hall–Kier alpha value is -4.05. The summed E-state index contributed by atoms with van der Waals surface area (Å²) in [5.74, 6) is -0.142. The van der Waals surface area contributed by atoms with Crippen LogP contribution < -0.4 is 5.56 Å². The highest BCUT2D eigenvalue weighted by molar-refractivity contribution is 7.13. The summed E-state index contributed by atoms with van der Waals surface area (Å²) in [6, 6.07) is 9.83. The summed E-state index contributed by atoms with van der Waals surface area (Å²) >= 11 is 1.20. The molecule has 1 aromatic carbocycles. The van der Waals surface area contributed by atoms with E-state index < -0.39 is 11.9 Å². The zero-order valence-electron chi connectivity index (χ0n) is 24.6. The van der Waals surface area contributed by atoms with E-state index in [4.69, 9.17) is 0 Å². The van der Waals surface area contributed by atoms with Gasteiger partial charge < -0.3 is 4.90 Å². The van der Waals surface area contributed by atoms with Crippen molar-refractivity contribution in [2.45, 2.75) is 59.6 Å². The molecule has 224 valence electrons. The van der Waals surface area contributed by atoms with Crippen LogP contribution in [0.15, 0.2) is 58.3 Å². The third kappa shape index (κ3) is 6.34. The number of allylic oxidation sites excluding steroid dienone is 1. The first-order valence-electron chi connectivity index (χ1n) is 14.3. The second kappa shape index (κ2) is 12.3. The summed E-state index contributed by atoms with van der Waals surface area (Å²) in [5, 5.41) is 2.06. The minimum atomic E-state index is -4.55. The number of likely N-dealkylation sites (tertiary alicyclic amines) is 1. The van der Waals surface area contributed by atoms with Gasteiger partial charge in [0.1, 0.15) is 10.7 Å². The highest BCUT2D eigenvalue weighted by Gasteiger charge is 2.32. The van der Waals surface area contributed by atoms with Crippen LogP contribution in [0.25, 0.3) is 33.6 Å². The van der Waals surface area contributed by atoms with E-state index in [1.807, 2.05) is 56.9 Å². The molecular weight excluding hydrogens is 573 g/mol. The van der Waals surface area contributed by atoms with Gasteiger partial charge in [0, 0.05) is 30.2 Å². The number of nitrogens with zero attached hydrogens (tertiary/aromatic N) is 4. The quantitative estimate of drug-likeness (QED) is 0.223. The van der Waals surface area contributed by atoms with Gasteiger partial charge in [-0.15, -0.1) is 11.3 Å². The van der Waals surface area contributed by atoms with Crippen LogP contribution in [-0.2, 0) is 12.6 Å². The lowest BCUT2D eigenvalue weighted by Gasteiger charge is -2.28. The first-order chi connectivity index (χ1) is 20.5. The Morgan fingerprint density at radius 2 is 1.81 bits per heavy atom. The Labute approximate surface area is 252 Å². The predicted molar refractivity (Wildman–Crippen MR) is 165 cm³/mol. The summed E-state index contributed by atoms with van der Waals surface area (Å²) < 4.78 is 40.8. The summed E-state index contributed by atoms with van der Waals surface area (Å²) in [5.41, 5.74) is 4.24. The fraction of sp³-hybridized carbons (Fsp3) is 0.333. The number of thiazole rings is 1. The van der Waals surface area contributed by atoms with E-state index in [9.17, 15) is 22.8 Å². The van der Waals surface area contributed by atoms with Gasteiger partial charge in [-0.3, -0.25) is 19.1 Å². The summed E-state index contributed by atoms with van der Waals surface area (Å²) in [6.45, 7) is 9.14. The molecule has 1 aliphatic heterocycles. The van der Waals surface area contributed by atoms with Crippen molar-refractivity contribution in [1.82, 2.24) is 19.4 Å². The number of hydrogen-bond acceptors (Lipinski definition) is 5. The predicted octanol–water partition coefficient (Wildman–Crippen LogP) is 7.96. The van der Waals surface area contributed by atoms with Crippen LogP contribution in [0.4, 0.5) is 13.2 Å². The number of pyridine rings is 2. The molecule has 5 rings (SSSR count). The molecule has 3 aromatic heterocycles. The summed E-state index contributed by atoms with van der Waals surface area (Å²) in [4.78, 5) is 38.6. The van der Waals surface area contributed by atoms with Gasteiger partial charge in [0.2, 0.25) is 0 Å². The molecule has 0 N–H and O–H groups in total. The van der Waals surface area contributed by atoms with E-state index in [0.717, 1.165) is 48.2 Å². The third-order valence-corrected chi connectivity index (χ3v) is 8.36. The zero-order valence-corrected chi connectivity index (χ0v) is 25.4. The maximum absolute atomic E-state index is 14.4. The number of alkyl halides is 3. The Morgan fingerprint density at radius 3 is 2.44 bits per heavy atom. The fourth-order valence-corrected chi connectivity index (χ4v) is 6.14. The molecule has 0 bridgehead atoms. The van der Waals surface area contributed by atoms with Crippen molar-refractivity contribution >= 4 is 23.3 Å². The number of carbonyl (C=O) groups is 1. The second-order valence-electron chi connectivity index (χ2n) is 11.0. The molecule has 0 spiro atoms. The zero-order chi connectivity index (χ0) is 30.9. The van der Waals surface area contributed by atoms with Crippen molar-refractivity contribution in [3.63, 3.8) is 0 Å². The van der Waals surface area contributed by atoms with E-state index in [1.165, 1.54) is 17.4 Å². The number of hydrogen-bond donors (Lipinski definition) is 0. The molecule has 1 amide bonds. The van der Waals surface area contributed by atoms with Crippen LogP contribution in [0.2, 0.25) is 0 Å². The highest BCUT2D eigenvalue weighted by Crippen LogP contribution is 2.33. The first kappa shape index (κ1) is 30.4. The lowest BCUT2D eigenvalue weighted by molar-refractivity contribution is -0.141. The molecule has 10 heteroatoms. The van der Waals surface area contributed by atoms with Gasteiger partial charge in [-0.1, -0.05) is 24.6 Å². The minimum Gasteiger partial charge on any atom is -0.339 e. The monoisotopic (exact) mass is 606 g/mol. The molecule has 0 aliphatic carbocycles. The first-order valence-corrected chi connectivity index (χ1v) is 15.2. The van der Waals surface area contributed by atoms with Crippen molar-refractivity contribution in [3.05, 3.63) is 92.0 Å². The maximum Gasteiger partial charge on any atom is 0.433 e. The number of benzene rings is 1. The number of piperidine rings is 1. The molecule has 43 heavy (non-hydrogen) atoms. The van der Waals surface area contributed by atoms with Crippen molar-refractivity contribution in [2.75, 3.05) is 13.1 Å². The standard InChI is InChI=1S/C33H33F3N4O2S/c1-5-22-10-9-21(4)16-27(22)40-28(15-20(2)3)24(31(41)39-13-7-6-8-14-39)17-25(32(40)42)30-38-26(19-43-30)23-11-12-29(37-18-23)33(34,35)36/h9-12,15-19H,5-8,13-14H2,1-4H3. The van der Waals surface area contributed by atoms with E-state index in [2.05, 4.69) is 9.97 Å². The van der Waals surface area contributed by atoms with Gasteiger partial charge in [0.15, 0.2) is 0 Å². The molecule has 0 unspecified atom stereocenters. The molecule has 1 aliphatic rings. The second-order valence-corrected chi connectivity index (χ2v) is 11.9. The van der Waals surface area contributed by atoms with E-state index in [1.54, 1.807) is 16.0 Å². The number of aromatic nitrogens is 3. The van der Waals surface area contributed by atoms with Gasteiger partial charge in [-0.05, 0) is 87.9 Å². The Balaban J connectivity index is 1.74. The van der Waals surface area contributed by atoms with E-state index >= 15 is 0 Å². The van der Waals surface area contributed by atoms with Gasteiger partial charge in [-0.25, -0.2) is 4.98 Å². The Kier molecular flexibility index (Phi) is 8.69. The fourth-order valence-electron chi connectivity index (χ4n) is 5.30. The number of carbonyl (C=O) groups excluding carboxylic acids is 1. The molecule has 1 saturated heterocycles. The van der Waals surface area contributed by atoms with E-state index in [0.29, 0.717) is 52.7 Å². The number of halogens is 3. The normalized spacial score (nSPS) is 13.7. The van der Waals surface area contributed by atoms with Crippen molar-refractivity contribution in [3.8, 4) is 27.5 Å². The average Bonchev–Trinajstić information content (AvgIpc) is 3.47. The lowest BCUT2D eigenvalue weighted by Crippen LogP contribution is -2.37. The van der Waals surface area contributed by atoms with Crippen molar-refractivity contribution in [1.29, 1.82) is 0 Å². The Bertz CT molecular complexity index is 1740. The number of amides is 1. The van der Waals surface area contributed by atoms with Crippen LogP contribution in [0.3, 0.4) is 0 Å². The van der Waals surface area contributed by atoms with Crippen LogP contribution in [0, 0.1) is 6.92 Å². The van der Waals surface area contributed by atoms with E-state index in [-0.39, 0.29) is 17.0 Å². The average molecular weight is 607 g/mol. The topological polar surface area (TPSA) is 68.1 Å². The maximum atomic E-state index is 14.4. The van der Waals surface area contributed by atoms with Crippen LogP contribution >= 0.6 is 11.3 Å². The largest absolute Gasteiger partial charge is 0.433 e. The Morgan fingerprint density at radius 1 is 1.07 bits per heavy atom. The smallest absolute Gasteiger partial charge is 0.339 e. The van der Waals surface area contributed by atoms with Gasteiger partial charge >= 0.3 is 6.18 Å². The molecular formula is C33H33F3N4O2S. The van der Waals surface area contributed by atoms with Crippen molar-refractivity contribution < 1.29 is 18.0 Å². The van der Waals surface area contributed by atoms with Gasteiger partial charge in [0.05, 0.1) is 28.2 Å². The molecule has 0 atom stereocenters. The molecule has 4 aromatic rings. The molecule has 6 nitrogen and oxygen atoms in total. The minimum absolute atomic E-state index is 0.142. The van der Waals surface area contributed by atoms with Crippen LogP contribution in [0.1, 0.15) is 72.9 Å². The summed E-state index contributed by atoms with van der Waals surface area (Å²) in [6.07, 6.45) is 2.05. The molecule has 4 heterocycles. The molecule has 0 saturated carbocycles. The van der Waals surface area contributed by atoms with Gasteiger partial charge in [0.25, 0.3) is 11.5 Å². The van der Waals surface area contributed by atoms with Crippen molar-refractivity contribution in [2.24, 2.45) is 0 Å². The lowest BCUT2D eigenvalue weighted by atomic mass is 10.0. The molecule has 0 radical (unpaired) electrons. The van der Waals surface area contributed by atoms with Gasteiger partial charge in [-0.2, -0.15) is 13.2 Å². The number of aryl methyl sites for hydroxylation is 2. The molecule has 1 fully saturated rings.